The molecule has 0 spiro atoms. The van der Waals surface area contributed by atoms with Gasteiger partial charge in [-0.2, -0.15) is 0 Å². The number of methoxy groups -OCH3 is 1. The third kappa shape index (κ3) is 6.62. The third-order valence-corrected chi connectivity index (χ3v) is 1.48. The Morgan fingerprint density at radius 1 is 1.36 bits per heavy atom. The maximum Gasteiger partial charge on any atom is 0.335 e. The maximum atomic E-state index is 11.0. The summed E-state index contributed by atoms with van der Waals surface area (Å²) in [6.07, 6.45) is 0.812. The molecule has 0 aliphatic carbocycles. The van der Waals surface area contributed by atoms with Crippen LogP contribution >= 0.6 is 0 Å². The van der Waals surface area contributed by atoms with Crippen LogP contribution in [0.25, 0.3) is 0 Å². The van der Waals surface area contributed by atoms with Crippen molar-refractivity contribution in [2.45, 2.75) is 13.3 Å². The van der Waals surface area contributed by atoms with Crippen molar-refractivity contribution in [1.82, 2.24) is 0 Å². The Morgan fingerprint density at radius 3 is 2.64 bits per heavy atom. The van der Waals surface area contributed by atoms with E-state index in [2.05, 4.69) is 6.58 Å². The summed E-state index contributed by atoms with van der Waals surface area (Å²) in [5, 5.41) is 0. The smallest absolute Gasteiger partial charge is 0.335 e. The fraction of sp³-hybridized carbons (Fsp3) is 0.700. The molecule has 4 heteroatoms. The van der Waals surface area contributed by atoms with E-state index in [0.29, 0.717) is 25.4 Å². The first kappa shape index (κ1) is 13.1. The van der Waals surface area contributed by atoms with Crippen LogP contribution in [0.2, 0.25) is 0 Å². The number of ether oxygens (including phenoxy) is 3. The number of carbonyl (C=O) groups excluding carboxylic acids is 1. The van der Waals surface area contributed by atoms with E-state index < -0.39 is 0 Å². The lowest BCUT2D eigenvalue weighted by Gasteiger charge is -2.06. The second kappa shape index (κ2) is 8.72. The predicted octanol–water partition coefficient (Wildman–Crippen LogP) is 1.16. The Hall–Kier alpha value is -0.870. The van der Waals surface area contributed by atoms with Crippen LogP contribution in [-0.4, -0.2) is 39.5 Å². The van der Waals surface area contributed by atoms with Gasteiger partial charge in [0.05, 0.1) is 18.8 Å². The van der Waals surface area contributed by atoms with Crippen LogP contribution in [0.3, 0.4) is 0 Å². The van der Waals surface area contributed by atoms with Crippen molar-refractivity contribution in [2.24, 2.45) is 0 Å². The second-order valence-corrected chi connectivity index (χ2v) is 2.72. The Kier molecular flexibility index (Phi) is 8.17. The molecule has 0 heterocycles. The van der Waals surface area contributed by atoms with Crippen LogP contribution in [0, 0.1) is 0 Å². The third-order valence-electron chi connectivity index (χ3n) is 1.48. The standard InChI is InChI=1S/C10H18O4/c1-4-14-10(11)9(2)8-13-7-5-6-12-3/h2,4-8H2,1,3H3. The molecule has 0 N–H and O–H groups in total. The average molecular weight is 202 g/mol. The lowest BCUT2D eigenvalue weighted by Crippen LogP contribution is -2.12. The fourth-order valence-corrected chi connectivity index (χ4v) is 0.793. The van der Waals surface area contributed by atoms with E-state index >= 15 is 0 Å². The van der Waals surface area contributed by atoms with Gasteiger partial charge in [0, 0.05) is 20.3 Å². The van der Waals surface area contributed by atoms with Gasteiger partial charge in [-0.1, -0.05) is 6.58 Å². The summed E-state index contributed by atoms with van der Waals surface area (Å²) in [5.74, 6) is -0.390. The van der Waals surface area contributed by atoms with Crippen molar-refractivity contribution in [3.63, 3.8) is 0 Å². The minimum Gasteiger partial charge on any atom is -0.463 e. The molecule has 0 saturated carbocycles. The molecule has 4 nitrogen and oxygen atoms in total. The van der Waals surface area contributed by atoms with Crippen LogP contribution in [0.4, 0.5) is 0 Å². The average Bonchev–Trinajstić information content (AvgIpc) is 2.17. The molecule has 14 heavy (non-hydrogen) atoms. The van der Waals surface area contributed by atoms with E-state index in [0.717, 1.165) is 6.42 Å². The highest BCUT2D eigenvalue weighted by Crippen LogP contribution is 1.96. The second-order valence-electron chi connectivity index (χ2n) is 2.72. The van der Waals surface area contributed by atoms with Crippen LogP contribution < -0.4 is 0 Å². The Balaban J connectivity index is 3.39. The van der Waals surface area contributed by atoms with Crippen LogP contribution in [0.15, 0.2) is 12.2 Å². The van der Waals surface area contributed by atoms with Gasteiger partial charge in [0.2, 0.25) is 0 Å². The molecule has 0 unspecified atom stereocenters. The number of rotatable bonds is 8. The van der Waals surface area contributed by atoms with E-state index in [1.165, 1.54) is 0 Å². The van der Waals surface area contributed by atoms with Crippen molar-refractivity contribution in [1.29, 1.82) is 0 Å². The number of carbonyl (C=O) groups is 1. The molecule has 0 aromatic rings. The summed E-state index contributed by atoms with van der Waals surface area (Å²) in [6.45, 7) is 7.12. The zero-order chi connectivity index (χ0) is 10.8. The molecular formula is C10H18O4. The fourth-order valence-electron chi connectivity index (χ4n) is 0.793. The largest absolute Gasteiger partial charge is 0.463 e. The highest BCUT2D eigenvalue weighted by molar-refractivity contribution is 5.87. The van der Waals surface area contributed by atoms with Gasteiger partial charge in [-0.05, 0) is 13.3 Å². The zero-order valence-corrected chi connectivity index (χ0v) is 8.88. The summed E-state index contributed by atoms with van der Waals surface area (Å²) in [4.78, 5) is 11.0. The van der Waals surface area contributed by atoms with Crippen molar-refractivity contribution >= 4 is 5.97 Å². The van der Waals surface area contributed by atoms with Gasteiger partial charge in [0.15, 0.2) is 0 Å². The van der Waals surface area contributed by atoms with Gasteiger partial charge in [0.1, 0.15) is 0 Å². The molecule has 0 rings (SSSR count). The van der Waals surface area contributed by atoms with Gasteiger partial charge in [-0.15, -0.1) is 0 Å². The molecule has 0 radical (unpaired) electrons. The normalized spacial score (nSPS) is 9.86. The van der Waals surface area contributed by atoms with Gasteiger partial charge >= 0.3 is 5.97 Å². The first-order valence-electron chi connectivity index (χ1n) is 4.64. The van der Waals surface area contributed by atoms with Gasteiger partial charge in [-0.3, -0.25) is 0 Å². The molecule has 0 amide bonds. The molecule has 0 atom stereocenters. The van der Waals surface area contributed by atoms with E-state index in [4.69, 9.17) is 14.2 Å². The van der Waals surface area contributed by atoms with Gasteiger partial charge in [-0.25, -0.2) is 4.79 Å². The summed E-state index contributed by atoms with van der Waals surface area (Å²) in [5.41, 5.74) is 0.351. The van der Waals surface area contributed by atoms with Crippen molar-refractivity contribution in [2.75, 3.05) is 33.5 Å². The molecule has 0 aliphatic heterocycles. The van der Waals surface area contributed by atoms with Crippen molar-refractivity contribution in [3.8, 4) is 0 Å². The van der Waals surface area contributed by atoms with Crippen LogP contribution in [0.5, 0.6) is 0 Å². The van der Waals surface area contributed by atoms with Gasteiger partial charge in [0.25, 0.3) is 0 Å². The molecular weight excluding hydrogens is 184 g/mol. The highest BCUT2D eigenvalue weighted by atomic mass is 16.5. The lowest BCUT2D eigenvalue weighted by molar-refractivity contribution is -0.139. The lowest BCUT2D eigenvalue weighted by atomic mass is 10.3. The Labute approximate surface area is 84.8 Å². The van der Waals surface area contributed by atoms with E-state index in [9.17, 15) is 4.79 Å². The van der Waals surface area contributed by atoms with Crippen molar-refractivity contribution in [3.05, 3.63) is 12.2 Å². The topological polar surface area (TPSA) is 44.8 Å². The minimum absolute atomic E-state index is 0.225. The van der Waals surface area contributed by atoms with Crippen LogP contribution in [-0.2, 0) is 19.0 Å². The molecule has 0 aromatic carbocycles. The molecule has 0 aromatic heterocycles. The molecule has 0 aliphatic rings. The Morgan fingerprint density at radius 2 is 2.07 bits per heavy atom. The van der Waals surface area contributed by atoms with E-state index in [1.807, 2.05) is 0 Å². The number of hydrogen-bond donors (Lipinski definition) is 0. The number of hydrogen-bond acceptors (Lipinski definition) is 4. The van der Waals surface area contributed by atoms with E-state index in [1.54, 1.807) is 14.0 Å². The first-order chi connectivity index (χ1) is 6.72. The number of esters is 1. The highest BCUT2D eigenvalue weighted by Gasteiger charge is 2.06. The Bertz CT molecular complexity index is 177. The van der Waals surface area contributed by atoms with E-state index in [-0.39, 0.29) is 12.6 Å². The SMILES string of the molecule is C=C(COCCCOC)C(=O)OCC. The summed E-state index contributed by atoms with van der Waals surface area (Å²) >= 11 is 0. The molecule has 0 fully saturated rings. The monoisotopic (exact) mass is 202 g/mol. The molecule has 82 valence electrons. The molecule has 0 bridgehead atoms. The minimum atomic E-state index is -0.390. The summed E-state index contributed by atoms with van der Waals surface area (Å²) in [6, 6.07) is 0. The van der Waals surface area contributed by atoms with Gasteiger partial charge < -0.3 is 14.2 Å². The van der Waals surface area contributed by atoms with Crippen LogP contribution in [0.1, 0.15) is 13.3 Å². The summed E-state index contributed by atoms with van der Waals surface area (Å²) in [7, 11) is 1.64. The maximum absolute atomic E-state index is 11.0. The van der Waals surface area contributed by atoms with Crippen molar-refractivity contribution < 1.29 is 19.0 Å². The molecule has 0 saturated heterocycles. The predicted molar refractivity (Wildman–Crippen MR) is 53.1 cm³/mol. The zero-order valence-electron chi connectivity index (χ0n) is 8.88. The summed E-state index contributed by atoms with van der Waals surface area (Å²) < 4.78 is 14.8. The first-order valence-corrected chi connectivity index (χ1v) is 4.64. The quantitative estimate of drug-likeness (QED) is 0.336.